The summed E-state index contributed by atoms with van der Waals surface area (Å²) in [7, 11) is 0. The fourth-order valence-corrected chi connectivity index (χ4v) is 1.95. The lowest BCUT2D eigenvalue weighted by atomic mass is 10.2. The smallest absolute Gasteiger partial charge is 0.188 e. The van der Waals surface area contributed by atoms with Crippen molar-refractivity contribution in [1.82, 2.24) is 4.98 Å². The number of benzene rings is 1. The molecule has 5 heteroatoms. The van der Waals surface area contributed by atoms with Crippen LogP contribution in [0.2, 0.25) is 0 Å². The average molecular weight is 270 g/mol. The molecule has 0 aliphatic carbocycles. The number of aromatic nitrogens is 1. The molecule has 104 valence electrons. The Hall–Kier alpha value is -2.56. The molecule has 20 heavy (non-hydrogen) atoms. The number of hydrogen-bond acceptors (Lipinski definition) is 4. The molecule has 0 radical (unpaired) electrons. The fraction of sp³-hybridized carbons (Fsp3) is 0.200. The predicted octanol–water partition coefficient (Wildman–Crippen LogP) is 2.20. The van der Waals surface area contributed by atoms with Crippen LogP contribution in [0.3, 0.4) is 0 Å². The number of pyridine rings is 1. The van der Waals surface area contributed by atoms with E-state index in [1.165, 1.54) is 5.56 Å². The molecule has 0 bridgehead atoms. The summed E-state index contributed by atoms with van der Waals surface area (Å²) in [5.74, 6) is 0.822. The molecule has 2 aromatic rings. The van der Waals surface area contributed by atoms with E-state index in [0.717, 1.165) is 18.9 Å². The van der Waals surface area contributed by atoms with E-state index in [1.54, 1.807) is 6.07 Å². The van der Waals surface area contributed by atoms with Crippen molar-refractivity contribution in [3.05, 3.63) is 59.8 Å². The third kappa shape index (κ3) is 3.26. The van der Waals surface area contributed by atoms with Crippen molar-refractivity contribution < 1.29 is 5.21 Å². The minimum absolute atomic E-state index is 0.0163. The third-order valence-electron chi connectivity index (χ3n) is 3.03. The van der Waals surface area contributed by atoms with Crippen molar-refractivity contribution in [1.29, 1.82) is 0 Å². The molecule has 3 N–H and O–H groups in total. The second-order valence-corrected chi connectivity index (χ2v) is 4.37. The van der Waals surface area contributed by atoms with Crippen LogP contribution in [-0.2, 0) is 6.54 Å². The first-order chi connectivity index (χ1) is 9.74. The van der Waals surface area contributed by atoms with Crippen molar-refractivity contribution in [2.45, 2.75) is 13.5 Å². The highest BCUT2D eigenvalue weighted by molar-refractivity contribution is 5.95. The van der Waals surface area contributed by atoms with E-state index in [2.05, 4.69) is 34.1 Å². The van der Waals surface area contributed by atoms with Crippen LogP contribution in [-0.4, -0.2) is 22.6 Å². The maximum atomic E-state index is 8.72. The van der Waals surface area contributed by atoms with E-state index >= 15 is 0 Å². The van der Waals surface area contributed by atoms with Crippen molar-refractivity contribution >= 4 is 11.7 Å². The minimum Gasteiger partial charge on any atom is -0.409 e. The number of nitrogens with two attached hydrogens (primary N) is 1. The Kier molecular flexibility index (Phi) is 4.55. The van der Waals surface area contributed by atoms with Crippen molar-refractivity contribution in [2.75, 3.05) is 11.4 Å². The predicted molar refractivity (Wildman–Crippen MR) is 79.9 cm³/mol. The molecule has 1 heterocycles. The minimum atomic E-state index is 0.0163. The molecule has 1 aromatic heterocycles. The van der Waals surface area contributed by atoms with Gasteiger partial charge in [0.05, 0.1) is 0 Å². The van der Waals surface area contributed by atoms with Crippen molar-refractivity contribution in [3.63, 3.8) is 0 Å². The zero-order valence-electron chi connectivity index (χ0n) is 11.4. The lowest BCUT2D eigenvalue weighted by molar-refractivity contribution is 0.318. The summed E-state index contributed by atoms with van der Waals surface area (Å²) in [6, 6.07) is 15.7. The average Bonchev–Trinajstić information content (AvgIpc) is 2.53. The van der Waals surface area contributed by atoms with Gasteiger partial charge in [0.25, 0.3) is 0 Å². The molecule has 0 atom stereocenters. The zero-order chi connectivity index (χ0) is 14.4. The van der Waals surface area contributed by atoms with Crippen LogP contribution in [0.4, 0.5) is 5.82 Å². The summed E-state index contributed by atoms with van der Waals surface area (Å²) >= 11 is 0. The first-order valence-corrected chi connectivity index (χ1v) is 6.48. The van der Waals surface area contributed by atoms with E-state index in [0.29, 0.717) is 5.69 Å². The van der Waals surface area contributed by atoms with Gasteiger partial charge in [0.1, 0.15) is 11.5 Å². The van der Waals surface area contributed by atoms with Crippen LogP contribution in [0.25, 0.3) is 0 Å². The van der Waals surface area contributed by atoms with E-state index in [1.807, 2.05) is 30.3 Å². The molecule has 0 fully saturated rings. The highest BCUT2D eigenvalue weighted by Gasteiger charge is 2.09. The number of amidine groups is 1. The Labute approximate surface area is 118 Å². The monoisotopic (exact) mass is 270 g/mol. The van der Waals surface area contributed by atoms with Gasteiger partial charge in [-0.2, -0.15) is 0 Å². The zero-order valence-corrected chi connectivity index (χ0v) is 11.4. The SMILES string of the molecule is CCN(Cc1ccccc1)c1cccc(C(N)=NO)n1. The number of nitrogens with zero attached hydrogens (tertiary/aromatic N) is 3. The van der Waals surface area contributed by atoms with Gasteiger partial charge in [-0.3, -0.25) is 0 Å². The van der Waals surface area contributed by atoms with Gasteiger partial charge in [0.2, 0.25) is 0 Å². The summed E-state index contributed by atoms with van der Waals surface area (Å²) in [6.45, 7) is 3.66. The number of oxime groups is 1. The van der Waals surface area contributed by atoms with Crippen LogP contribution >= 0.6 is 0 Å². The van der Waals surface area contributed by atoms with Gasteiger partial charge < -0.3 is 15.8 Å². The molecule has 0 aliphatic rings. The van der Waals surface area contributed by atoms with Gasteiger partial charge in [0, 0.05) is 13.1 Å². The van der Waals surface area contributed by atoms with E-state index < -0.39 is 0 Å². The largest absolute Gasteiger partial charge is 0.409 e. The molecule has 0 unspecified atom stereocenters. The molecule has 0 saturated heterocycles. The van der Waals surface area contributed by atoms with Gasteiger partial charge in [-0.25, -0.2) is 4.98 Å². The van der Waals surface area contributed by atoms with Crippen LogP contribution in [0, 0.1) is 0 Å². The van der Waals surface area contributed by atoms with Crippen LogP contribution in [0.5, 0.6) is 0 Å². The quantitative estimate of drug-likeness (QED) is 0.378. The summed E-state index contributed by atoms with van der Waals surface area (Å²) in [5, 5.41) is 11.7. The fourth-order valence-electron chi connectivity index (χ4n) is 1.95. The van der Waals surface area contributed by atoms with Gasteiger partial charge >= 0.3 is 0 Å². The van der Waals surface area contributed by atoms with E-state index in [-0.39, 0.29) is 5.84 Å². The Balaban J connectivity index is 2.23. The Morgan fingerprint density at radius 1 is 1.20 bits per heavy atom. The molecule has 0 amide bonds. The first-order valence-electron chi connectivity index (χ1n) is 6.48. The van der Waals surface area contributed by atoms with Gasteiger partial charge in [-0.05, 0) is 24.6 Å². The number of hydrogen-bond donors (Lipinski definition) is 2. The summed E-state index contributed by atoms with van der Waals surface area (Å²) in [4.78, 5) is 6.55. The number of anilines is 1. The number of rotatable bonds is 5. The van der Waals surface area contributed by atoms with Crippen molar-refractivity contribution in [3.8, 4) is 0 Å². The maximum absolute atomic E-state index is 8.72. The normalized spacial score (nSPS) is 11.3. The van der Waals surface area contributed by atoms with Gasteiger partial charge in [0.15, 0.2) is 5.84 Å². The molecular formula is C15H18N4O. The molecular weight excluding hydrogens is 252 g/mol. The standard InChI is InChI=1S/C15H18N4O/c1-2-19(11-12-7-4-3-5-8-12)14-10-6-9-13(17-14)15(16)18-20/h3-10,20H,2,11H2,1H3,(H2,16,18). The van der Waals surface area contributed by atoms with Crippen molar-refractivity contribution in [2.24, 2.45) is 10.9 Å². The molecule has 5 nitrogen and oxygen atoms in total. The molecule has 0 aliphatic heterocycles. The summed E-state index contributed by atoms with van der Waals surface area (Å²) in [6.07, 6.45) is 0. The molecule has 1 aromatic carbocycles. The van der Waals surface area contributed by atoms with Gasteiger partial charge in [-0.15, -0.1) is 0 Å². The highest BCUT2D eigenvalue weighted by atomic mass is 16.4. The summed E-state index contributed by atoms with van der Waals surface area (Å²) < 4.78 is 0. The summed E-state index contributed by atoms with van der Waals surface area (Å²) in [5.41, 5.74) is 7.26. The second kappa shape index (κ2) is 6.56. The third-order valence-corrected chi connectivity index (χ3v) is 3.03. The maximum Gasteiger partial charge on any atom is 0.188 e. The second-order valence-electron chi connectivity index (χ2n) is 4.37. The Morgan fingerprint density at radius 3 is 2.60 bits per heavy atom. The Morgan fingerprint density at radius 2 is 1.95 bits per heavy atom. The molecule has 0 saturated carbocycles. The lowest BCUT2D eigenvalue weighted by Crippen LogP contribution is -2.24. The highest BCUT2D eigenvalue weighted by Crippen LogP contribution is 2.15. The lowest BCUT2D eigenvalue weighted by Gasteiger charge is -2.22. The van der Waals surface area contributed by atoms with Crippen LogP contribution in [0.1, 0.15) is 18.2 Å². The van der Waals surface area contributed by atoms with E-state index in [4.69, 9.17) is 10.9 Å². The Bertz CT molecular complexity index is 583. The topological polar surface area (TPSA) is 74.7 Å². The van der Waals surface area contributed by atoms with E-state index in [9.17, 15) is 0 Å². The molecule has 2 rings (SSSR count). The van der Waals surface area contributed by atoms with Crippen LogP contribution < -0.4 is 10.6 Å². The van der Waals surface area contributed by atoms with Crippen LogP contribution in [0.15, 0.2) is 53.7 Å². The first kappa shape index (κ1) is 13.9. The van der Waals surface area contributed by atoms with Gasteiger partial charge in [-0.1, -0.05) is 41.6 Å². The molecule has 0 spiro atoms.